The number of hydrogen-bond donors (Lipinski definition) is 1. The molecule has 2 aliphatic rings. The first-order valence-electron chi connectivity index (χ1n) is 7.29. The molecule has 0 aromatic carbocycles. The number of carbonyl (C=O) groups excluding carboxylic acids is 2. The third kappa shape index (κ3) is 3.08. The van der Waals surface area contributed by atoms with E-state index in [0.29, 0.717) is 13.0 Å². The van der Waals surface area contributed by atoms with Crippen molar-refractivity contribution in [2.75, 3.05) is 6.54 Å². The molecule has 0 radical (unpaired) electrons. The molecule has 2 heterocycles. The zero-order valence-corrected chi connectivity index (χ0v) is 12.0. The molecular weight excluding hydrogens is 244 g/mol. The van der Waals surface area contributed by atoms with Crippen LogP contribution in [0.5, 0.6) is 0 Å². The fraction of sp³-hybridized carbons (Fsp3) is 0.857. The van der Waals surface area contributed by atoms with Crippen molar-refractivity contribution < 1.29 is 14.3 Å². The van der Waals surface area contributed by atoms with Crippen molar-refractivity contribution in [2.24, 2.45) is 0 Å². The minimum absolute atomic E-state index is 0.0150. The summed E-state index contributed by atoms with van der Waals surface area (Å²) in [5, 5.41) is 2.76. The van der Waals surface area contributed by atoms with Crippen LogP contribution in [0.25, 0.3) is 0 Å². The lowest BCUT2D eigenvalue weighted by Gasteiger charge is -2.39. The van der Waals surface area contributed by atoms with Crippen LogP contribution in [0.3, 0.4) is 0 Å². The third-order valence-corrected chi connectivity index (χ3v) is 3.97. The summed E-state index contributed by atoms with van der Waals surface area (Å²) in [6, 6.07) is -0.743. The van der Waals surface area contributed by atoms with Crippen LogP contribution < -0.4 is 5.32 Å². The van der Waals surface area contributed by atoms with Gasteiger partial charge in [0.05, 0.1) is 12.2 Å². The maximum atomic E-state index is 12.3. The van der Waals surface area contributed by atoms with E-state index in [1.165, 1.54) is 0 Å². The standard InChI is InChI=1S/C14H24N2O3/c1-4-5-12-13(17)15-10(3)14(18)16(12)8-11-7-6-9(2)19-11/h9-12H,4-8H2,1-3H3,(H,15,17). The summed E-state index contributed by atoms with van der Waals surface area (Å²) in [4.78, 5) is 26.1. The monoisotopic (exact) mass is 268 g/mol. The molecule has 4 atom stereocenters. The van der Waals surface area contributed by atoms with Crippen molar-refractivity contribution >= 4 is 11.8 Å². The second-order valence-corrected chi connectivity index (χ2v) is 5.67. The fourth-order valence-corrected chi connectivity index (χ4v) is 2.93. The highest BCUT2D eigenvalue weighted by atomic mass is 16.5. The Bertz CT molecular complexity index is 359. The molecule has 0 aromatic heterocycles. The zero-order chi connectivity index (χ0) is 14.0. The number of nitrogens with zero attached hydrogens (tertiary/aromatic N) is 1. The first-order valence-corrected chi connectivity index (χ1v) is 7.29. The van der Waals surface area contributed by atoms with E-state index in [-0.39, 0.29) is 30.1 Å². The molecule has 0 bridgehead atoms. The Balaban J connectivity index is 2.07. The van der Waals surface area contributed by atoms with Crippen LogP contribution in [-0.2, 0) is 14.3 Å². The molecule has 2 aliphatic heterocycles. The molecule has 19 heavy (non-hydrogen) atoms. The fourth-order valence-electron chi connectivity index (χ4n) is 2.93. The molecule has 2 fully saturated rings. The molecular formula is C14H24N2O3. The van der Waals surface area contributed by atoms with Gasteiger partial charge in [0, 0.05) is 6.54 Å². The molecule has 5 heteroatoms. The summed E-state index contributed by atoms with van der Waals surface area (Å²) in [7, 11) is 0. The predicted molar refractivity (Wildman–Crippen MR) is 71.6 cm³/mol. The van der Waals surface area contributed by atoms with Crippen LogP contribution in [-0.4, -0.2) is 47.6 Å². The number of ether oxygens (including phenoxy) is 1. The van der Waals surface area contributed by atoms with E-state index in [4.69, 9.17) is 4.74 Å². The number of amides is 2. The minimum Gasteiger partial charge on any atom is -0.373 e. The minimum atomic E-state index is -0.417. The van der Waals surface area contributed by atoms with E-state index in [1.807, 2.05) is 6.92 Å². The molecule has 0 aliphatic carbocycles. The highest BCUT2D eigenvalue weighted by Gasteiger charge is 2.39. The Morgan fingerprint density at radius 3 is 2.63 bits per heavy atom. The van der Waals surface area contributed by atoms with E-state index < -0.39 is 6.04 Å². The number of rotatable bonds is 4. The summed E-state index contributed by atoms with van der Waals surface area (Å²) < 4.78 is 5.78. The van der Waals surface area contributed by atoms with Crippen molar-refractivity contribution in [3.8, 4) is 0 Å². The van der Waals surface area contributed by atoms with Crippen LogP contribution >= 0.6 is 0 Å². The van der Waals surface area contributed by atoms with E-state index in [1.54, 1.807) is 11.8 Å². The number of carbonyl (C=O) groups is 2. The van der Waals surface area contributed by atoms with Gasteiger partial charge in [-0.3, -0.25) is 9.59 Å². The number of nitrogens with one attached hydrogen (secondary N) is 1. The Morgan fingerprint density at radius 1 is 1.32 bits per heavy atom. The summed E-state index contributed by atoms with van der Waals surface area (Å²) in [6.07, 6.45) is 3.95. The summed E-state index contributed by atoms with van der Waals surface area (Å²) in [5.74, 6) is -0.0128. The normalized spacial score (nSPS) is 35.6. The largest absolute Gasteiger partial charge is 0.373 e. The lowest BCUT2D eigenvalue weighted by Crippen LogP contribution is -2.63. The molecule has 4 unspecified atom stereocenters. The van der Waals surface area contributed by atoms with E-state index in [9.17, 15) is 9.59 Å². The quantitative estimate of drug-likeness (QED) is 0.829. The summed E-state index contributed by atoms with van der Waals surface area (Å²) in [5.41, 5.74) is 0. The van der Waals surface area contributed by atoms with Gasteiger partial charge in [-0.05, 0) is 33.1 Å². The smallest absolute Gasteiger partial charge is 0.245 e. The first kappa shape index (κ1) is 14.3. The van der Waals surface area contributed by atoms with Gasteiger partial charge in [0.25, 0.3) is 0 Å². The van der Waals surface area contributed by atoms with Crippen LogP contribution in [0.2, 0.25) is 0 Å². The number of piperazine rings is 1. The molecule has 1 N–H and O–H groups in total. The Hall–Kier alpha value is -1.10. The van der Waals surface area contributed by atoms with Crippen LogP contribution in [0.15, 0.2) is 0 Å². The molecule has 2 amide bonds. The summed E-state index contributed by atoms with van der Waals surface area (Å²) in [6.45, 7) is 6.37. The van der Waals surface area contributed by atoms with Crippen molar-refractivity contribution in [3.63, 3.8) is 0 Å². The Kier molecular flexibility index (Phi) is 4.45. The van der Waals surface area contributed by atoms with Gasteiger partial charge in [0.1, 0.15) is 12.1 Å². The van der Waals surface area contributed by atoms with Gasteiger partial charge < -0.3 is 15.0 Å². The van der Waals surface area contributed by atoms with Gasteiger partial charge in [0.15, 0.2) is 0 Å². The lowest BCUT2D eigenvalue weighted by atomic mass is 10.0. The van der Waals surface area contributed by atoms with Crippen molar-refractivity contribution in [1.29, 1.82) is 0 Å². The Labute approximate surface area is 114 Å². The molecule has 2 saturated heterocycles. The molecule has 0 aromatic rings. The van der Waals surface area contributed by atoms with Crippen LogP contribution in [0.1, 0.15) is 46.5 Å². The van der Waals surface area contributed by atoms with Gasteiger partial charge in [-0.25, -0.2) is 0 Å². The molecule has 5 nitrogen and oxygen atoms in total. The Morgan fingerprint density at radius 2 is 2.05 bits per heavy atom. The first-order chi connectivity index (χ1) is 9.02. The second-order valence-electron chi connectivity index (χ2n) is 5.67. The zero-order valence-electron chi connectivity index (χ0n) is 12.0. The lowest BCUT2D eigenvalue weighted by molar-refractivity contribution is -0.151. The van der Waals surface area contributed by atoms with E-state index >= 15 is 0 Å². The van der Waals surface area contributed by atoms with Crippen LogP contribution in [0.4, 0.5) is 0 Å². The van der Waals surface area contributed by atoms with Crippen molar-refractivity contribution in [2.45, 2.75) is 70.7 Å². The second kappa shape index (κ2) is 5.90. The van der Waals surface area contributed by atoms with Crippen molar-refractivity contribution in [1.82, 2.24) is 10.2 Å². The maximum Gasteiger partial charge on any atom is 0.245 e. The van der Waals surface area contributed by atoms with Crippen molar-refractivity contribution in [3.05, 3.63) is 0 Å². The van der Waals surface area contributed by atoms with Gasteiger partial charge in [-0.15, -0.1) is 0 Å². The molecule has 0 saturated carbocycles. The molecule has 0 spiro atoms. The topological polar surface area (TPSA) is 58.6 Å². The highest BCUT2D eigenvalue weighted by molar-refractivity contribution is 5.96. The van der Waals surface area contributed by atoms with Gasteiger partial charge in [-0.2, -0.15) is 0 Å². The van der Waals surface area contributed by atoms with Gasteiger partial charge >= 0.3 is 0 Å². The highest BCUT2D eigenvalue weighted by Crippen LogP contribution is 2.23. The molecule has 2 rings (SSSR count). The van der Waals surface area contributed by atoms with E-state index in [0.717, 1.165) is 19.3 Å². The van der Waals surface area contributed by atoms with Crippen LogP contribution in [0, 0.1) is 0 Å². The summed E-state index contributed by atoms with van der Waals surface area (Å²) >= 11 is 0. The van der Waals surface area contributed by atoms with Gasteiger partial charge in [0.2, 0.25) is 11.8 Å². The average molecular weight is 268 g/mol. The average Bonchev–Trinajstić information content (AvgIpc) is 2.76. The van der Waals surface area contributed by atoms with Gasteiger partial charge in [-0.1, -0.05) is 13.3 Å². The SMILES string of the molecule is CCCC1C(=O)NC(C)C(=O)N1CC1CCC(C)O1. The maximum absolute atomic E-state index is 12.3. The predicted octanol–water partition coefficient (Wildman–Crippen LogP) is 1.07. The number of hydrogen-bond acceptors (Lipinski definition) is 3. The third-order valence-electron chi connectivity index (χ3n) is 3.97. The van der Waals surface area contributed by atoms with E-state index in [2.05, 4.69) is 12.2 Å². The molecule has 108 valence electrons.